The van der Waals surface area contributed by atoms with Crippen molar-refractivity contribution in [1.29, 1.82) is 0 Å². The van der Waals surface area contributed by atoms with Crippen molar-refractivity contribution in [1.82, 2.24) is 5.32 Å². The summed E-state index contributed by atoms with van der Waals surface area (Å²) in [6.45, 7) is 5.35. The van der Waals surface area contributed by atoms with Gasteiger partial charge >= 0.3 is 5.97 Å². The highest BCUT2D eigenvalue weighted by Crippen LogP contribution is 2.35. The summed E-state index contributed by atoms with van der Waals surface area (Å²) in [4.78, 5) is 38.8. The molecule has 1 heterocycles. The van der Waals surface area contributed by atoms with Crippen LogP contribution >= 0.6 is 34.5 Å². The maximum atomic E-state index is 13.0. The van der Waals surface area contributed by atoms with Gasteiger partial charge in [0.2, 0.25) is 0 Å². The van der Waals surface area contributed by atoms with E-state index in [2.05, 4.69) is 10.6 Å². The van der Waals surface area contributed by atoms with Crippen LogP contribution in [0.25, 0.3) is 0 Å². The Morgan fingerprint density at radius 1 is 1.06 bits per heavy atom. The van der Waals surface area contributed by atoms with Gasteiger partial charge in [-0.25, -0.2) is 4.79 Å². The van der Waals surface area contributed by atoms with Crippen LogP contribution in [0.1, 0.15) is 61.4 Å². The highest BCUT2D eigenvalue weighted by Gasteiger charge is 2.28. The molecule has 0 aliphatic heterocycles. The molecule has 0 saturated carbocycles. The highest BCUT2D eigenvalue weighted by atomic mass is 35.5. The van der Waals surface area contributed by atoms with E-state index >= 15 is 0 Å². The number of benzene rings is 2. The second-order valence-corrected chi connectivity index (χ2v) is 9.03. The van der Waals surface area contributed by atoms with Gasteiger partial charge in [-0.2, -0.15) is 0 Å². The standard InChI is InChI=1S/C24H22Cl2N2O4S/c1-4-32-24(31)19-13(2)20(22(30)27-14(3)15-8-6-5-7-9-15)33-23(19)28-21(29)17-11-10-16(25)12-18(17)26/h5-12,14H,4H2,1-3H3,(H,27,30)(H,28,29). The van der Waals surface area contributed by atoms with Gasteiger partial charge in [-0.1, -0.05) is 53.5 Å². The first-order chi connectivity index (χ1) is 15.7. The van der Waals surface area contributed by atoms with Crippen LogP contribution in [0.5, 0.6) is 0 Å². The van der Waals surface area contributed by atoms with E-state index in [-0.39, 0.29) is 39.7 Å². The molecular weight excluding hydrogens is 483 g/mol. The molecule has 6 nitrogen and oxygen atoms in total. The van der Waals surface area contributed by atoms with E-state index < -0.39 is 11.9 Å². The van der Waals surface area contributed by atoms with Crippen LogP contribution in [-0.4, -0.2) is 24.4 Å². The quantitative estimate of drug-likeness (QED) is 0.370. The molecule has 2 amide bonds. The average molecular weight is 505 g/mol. The van der Waals surface area contributed by atoms with Gasteiger partial charge in [-0.05, 0) is 50.1 Å². The Bertz CT molecular complexity index is 1190. The van der Waals surface area contributed by atoms with E-state index in [1.54, 1.807) is 13.8 Å². The minimum Gasteiger partial charge on any atom is -0.462 e. The molecule has 0 fully saturated rings. The number of carbonyl (C=O) groups is 3. The third kappa shape index (κ3) is 5.74. The Kier molecular flexibility index (Phi) is 8.13. The number of amides is 2. The number of hydrogen-bond acceptors (Lipinski definition) is 5. The summed E-state index contributed by atoms with van der Waals surface area (Å²) in [5.74, 6) is -1.52. The van der Waals surface area contributed by atoms with Gasteiger partial charge in [0, 0.05) is 5.02 Å². The van der Waals surface area contributed by atoms with Crippen molar-refractivity contribution in [2.75, 3.05) is 11.9 Å². The molecule has 2 N–H and O–H groups in total. The molecule has 1 unspecified atom stereocenters. The van der Waals surface area contributed by atoms with Crippen LogP contribution in [0.4, 0.5) is 5.00 Å². The topological polar surface area (TPSA) is 84.5 Å². The molecule has 9 heteroatoms. The second kappa shape index (κ2) is 10.8. The van der Waals surface area contributed by atoms with E-state index in [4.69, 9.17) is 27.9 Å². The Morgan fingerprint density at radius 2 is 1.76 bits per heavy atom. The van der Waals surface area contributed by atoms with Gasteiger partial charge < -0.3 is 15.4 Å². The lowest BCUT2D eigenvalue weighted by molar-refractivity contribution is 0.0527. The predicted molar refractivity (Wildman–Crippen MR) is 132 cm³/mol. The SMILES string of the molecule is CCOC(=O)c1c(NC(=O)c2ccc(Cl)cc2Cl)sc(C(=O)NC(C)c2ccccc2)c1C. The summed E-state index contributed by atoms with van der Waals surface area (Å²) in [6.07, 6.45) is 0. The van der Waals surface area contributed by atoms with Crippen LogP contribution in [-0.2, 0) is 4.74 Å². The van der Waals surface area contributed by atoms with Crippen LogP contribution in [0.2, 0.25) is 10.0 Å². The number of thiophene rings is 1. The number of halogens is 2. The fourth-order valence-corrected chi connectivity index (χ4v) is 4.79. The number of ether oxygens (including phenoxy) is 1. The fraction of sp³-hybridized carbons (Fsp3) is 0.208. The summed E-state index contributed by atoms with van der Waals surface area (Å²) in [5.41, 5.74) is 1.69. The fourth-order valence-electron chi connectivity index (χ4n) is 3.20. The lowest BCUT2D eigenvalue weighted by Crippen LogP contribution is -2.26. The molecule has 2 aromatic carbocycles. The molecule has 1 atom stereocenters. The Balaban J connectivity index is 1.92. The van der Waals surface area contributed by atoms with Crippen molar-refractivity contribution in [3.05, 3.63) is 85.7 Å². The summed E-state index contributed by atoms with van der Waals surface area (Å²) in [5, 5.41) is 6.40. The maximum absolute atomic E-state index is 13.0. The van der Waals surface area contributed by atoms with Gasteiger partial charge in [-0.15, -0.1) is 11.3 Å². The summed E-state index contributed by atoms with van der Waals surface area (Å²) >= 11 is 13.1. The molecular formula is C24H22Cl2N2O4S. The van der Waals surface area contributed by atoms with Crippen LogP contribution in [0.3, 0.4) is 0 Å². The molecule has 3 rings (SSSR count). The predicted octanol–water partition coefficient (Wildman–Crippen LogP) is 6.28. The van der Waals surface area contributed by atoms with E-state index in [0.29, 0.717) is 15.5 Å². The molecule has 0 radical (unpaired) electrons. The number of hydrogen-bond donors (Lipinski definition) is 2. The average Bonchev–Trinajstić information content (AvgIpc) is 3.10. The van der Waals surface area contributed by atoms with Crippen molar-refractivity contribution < 1.29 is 19.1 Å². The summed E-state index contributed by atoms with van der Waals surface area (Å²) < 4.78 is 5.16. The van der Waals surface area contributed by atoms with Crippen LogP contribution < -0.4 is 10.6 Å². The number of anilines is 1. The Labute approximate surface area is 205 Å². The molecule has 0 aliphatic rings. The van der Waals surface area contributed by atoms with Gasteiger partial charge in [0.25, 0.3) is 11.8 Å². The number of rotatable bonds is 7. The lowest BCUT2D eigenvalue weighted by Gasteiger charge is -2.14. The number of esters is 1. The molecule has 1 aromatic heterocycles. The van der Waals surface area contributed by atoms with Crippen molar-refractivity contribution >= 4 is 57.3 Å². The molecule has 172 valence electrons. The maximum Gasteiger partial charge on any atom is 0.341 e. The number of carbonyl (C=O) groups excluding carboxylic acids is 3. The van der Waals surface area contributed by atoms with Crippen LogP contribution in [0, 0.1) is 6.92 Å². The first-order valence-electron chi connectivity index (χ1n) is 10.2. The largest absolute Gasteiger partial charge is 0.462 e. The first-order valence-corrected chi connectivity index (χ1v) is 11.7. The molecule has 0 saturated heterocycles. The van der Waals surface area contributed by atoms with Crippen LogP contribution in [0.15, 0.2) is 48.5 Å². The van der Waals surface area contributed by atoms with Crippen molar-refractivity contribution in [3.8, 4) is 0 Å². The van der Waals surface area contributed by atoms with E-state index in [0.717, 1.165) is 16.9 Å². The molecule has 0 bridgehead atoms. The van der Waals surface area contributed by atoms with Gasteiger partial charge in [-0.3, -0.25) is 9.59 Å². The van der Waals surface area contributed by atoms with Crippen molar-refractivity contribution in [2.24, 2.45) is 0 Å². The molecule has 3 aromatic rings. The van der Waals surface area contributed by atoms with E-state index in [1.165, 1.54) is 18.2 Å². The lowest BCUT2D eigenvalue weighted by atomic mass is 10.1. The zero-order valence-electron chi connectivity index (χ0n) is 18.2. The Hall–Kier alpha value is -2.87. The van der Waals surface area contributed by atoms with Gasteiger partial charge in [0.1, 0.15) is 5.00 Å². The normalized spacial score (nSPS) is 11.5. The smallest absolute Gasteiger partial charge is 0.341 e. The zero-order chi connectivity index (χ0) is 24.1. The highest BCUT2D eigenvalue weighted by molar-refractivity contribution is 7.18. The third-order valence-electron chi connectivity index (χ3n) is 4.88. The minimum atomic E-state index is -0.626. The van der Waals surface area contributed by atoms with E-state index in [1.807, 2.05) is 37.3 Å². The Morgan fingerprint density at radius 3 is 2.39 bits per heavy atom. The summed E-state index contributed by atoms with van der Waals surface area (Å²) in [7, 11) is 0. The van der Waals surface area contributed by atoms with Gasteiger partial charge in [0.15, 0.2) is 0 Å². The molecule has 0 aliphatic carbocycles. The van der Waals surface area contributed by atoms with E-state index in [9.17, 15) is 14.4 Å². The third-order valence-corrected chi connectivity index (χ3v) is 6.64. The monoisotopic (exact) mass is 504 g/mol. The zero-order valence-corrected chi connectivity index (χ0v) is 20.5. The van der Waals surface area contributed by atoms with Crippen molar-refractivity contribution in [2.45, 2.75) is 26.8 Å². The second-order valence-electron chi connectivity index (χ2n) is 7.16. The first kappa shape index (κ1) is 24.8. The molecule has 33 heavy (non-hydrogen) atoms. The van der Waals surface area contributed by atoms with Gasteiger partial charge in [0.05, 0.1) is 33.7 Å². The molecule has 0 spiro atoms. The minimum absolute atomic E-state index is 0.137. The summed E-state index contributed by atoms with van der Waals surface area (Å²) in [6, 6.07) is 13.7. The van der Waals surface area contributed by atoms with Crippen molar-refractivity contribution in [3.63, 3.8) is 0 Å². The number of nitrogens with one attached hydrogen (secondary N) is 2.